The van der Waals surface area contributed by atoms with E-state index in [2.05, 4.69) is 5.10 Å². The molecule has 4 nitrogen and oxygen atoms in total. The molecule has 2 aromatic rings. The quantitative estimate of drug-likeness (QED) is 0.910. The molecule has 1 aromatic heterocycles. The lowest BCUT2D eigenvalue weighted by atomic mass is 10.2. The van der Waals surface area contributed by atoms with Crippen LogP contribution in [0.15, 0.2) is 35.1 Å². The molecule has 0 aliphatic carbocycles. The summed E-state index contributed by atoms with van der Waals surface area (Å²) in [6.07, 6.45) is 3.68. The molecule has 0 unspecified atom stereocenters. The molecule has 0 spiro atoms. The SMILES string of the molecule is Nc1cc(=O)n(CC=Cc2ccc(Cl)c(Cl)c2)[nH]1. The maximum Gasteiger partial charge on any atom is 0.268 e. The van der Waals surface area contributed by atoms with Gasteiger partial charge in [-0.25, -0.2) is 4.68 Å². The van der Waals surface area contributed by atoms with E-state index in [4.69, 9.17) is 28.9 Å². The van der Waals surface area contributed by atoms with E-state index in [9.17, 15) is 4.79 Å². The standard InChI is InChI=1S/C12H11Cl2N3O/c13-9-4-3-8(6-10(9)14)2-1-5-17-12(18)7-11(15)16-17/h1-4,6-7,16H,5,15H2. The van der Waals surface area contributed by atoms with Gasteiger partial charge in [0.1, 0.15) is 5.82 Å². The predicted octanol–water partition coefficient (Wildman–Crippen LogP) is 2.78. The molecule has 94 valence electrons. The molecule has 0 fully saturated rings. The van der Waals surface area contributed by atoms with Crippen molar-refractivity contribution < 1.29 is 0 Å². The molecule has 0 atom stereocenters. The number of hydrogen-bond donors (Lipinski definition) is 2. The molecule has 6 heteroatoms. The second-order valence-electron chi connectivity index (χ2n) is 3.74. The maximum atomic E-state index is 11.4. The van der Waals surface area contributed by atoms with Crippen LogP contribution in [0.25, 0.3) is 6.08 Å². The van der Waals surface area contributed by atoms with Crippen molar-refractivity contribution in [3.05, 3.63) is 56.3 Å². The summed E-state index contributed by atoms with van der Waals surface area (Å²) in [7, 11) is 0. The zero-order valence-electron chi connectivity index (χ0n) is 9.36. The van der Waals surface area contributed by atoms with Gasteiger partial charge in [-0.1, -0.05) is 41.4 Å². The number of halogens is 2. The minimum Gasteiger partial charge on any atom is -0.384 e. The molecule has 0 aliphatic heterocycles. The normalized spacial score (nSPS) is 11.2. The number of rotatable bonds is 3. The lowest BCUT2D eigenvalue weighted by Gasteiger charge is -1.98. The van der Waals surface area contributed by atoms with Gasteiger partial charge in [0.25, 0.3) is 5.56 Å². The fourth-order valence-corrected chi connectivity index (χ4v) is 1.81. The third-order valence-electron chi connectivity index (χ3n) is 2.35. The number of aromatic nitrogens is 2. The third kappa shape index (κ3) is 2.97. The summed E-state index contributed by atoms with van der Waals surface area (Å²) in [5.41, 5.74) is 6.22. The first-order chi connectivity index (χ1) is 8.56. The summed E-state index contributed by atoms with van der Waals surface area (Å²) >= 11 is 11.7. The molecule has 0 saturated carbocycles. The summed E-state index contributed by atoms with van der Waals surface area (Å²) in [6, 6.07) is 6.66. The van der Waals surface area contributed by atoms with Gasteiger partial charge in [0, 0.05) is 6.07 Å². The lowest BCUT2D eigenvalue weighted by molar-refractivity contribution is 0.682. The summed E-state index contributed by atoms with van der Waals surface area (Å²) in [4.78, 5) is 11.4. The Bertz CT molecular complexity index is 643. The number of hydrogen-bond acceptors (Lipinski definition) is 2. The number of nitrogens with two attached hydrogens (primary N) is 1. The number of nitrogens with zero attached hydrogens (tertiary/aromatic N) is 1. The molecule has 0 amide bonds. The van der Waals surface area contributed by atoms with Crippen LogP contribution in [0.5, 0.6) is 0 Å². The number of nitrogen functional groups attached to an aromatic ring is 1. The Balaban J connectivity index is 2.10. The van der Waals surface area contributed by atoms with Crippen LogP contribution >= 0.6 is 23.2 Å². The van der Waals surface area contributed by atoms with Crippen molar-refractivity contribution in [2.75, 3.05) is 5.73 Å². The van der Waals surface area contributed by atoms with Crippen LogP contribution < -0.4 is 11.3 Å². The van der Waals surface area contributed by atoms with Crippen LogP contribution in [-0.4, -0.2) is 9.78 Å². The summed E-state index contributed by atoms with van der Waals surface area (Å²) < 4.78 is 1.41. The van der Waals surface area contributed by atoms with Gasteiger partial charge in [-0.15, -0.1) is 0 Å². The van der Waals surface area contributed by atoms with Gasteiger partial charge < -0.3 is 5.73 Å². The van der Waals surface area contributed by atoms with Crippen LogP contribution in [0.3, 0.4) is 0 Å². The van der Waals surface area contributed by atoms with E-state index >= 15 is 0 Å². The second-order valence-corrected chi connectivity index (χ2v) is 4.55. The third-order valence-corrected chi connectivity index (χ3v) is 3.09. The average Bonchev–Trinajstić information content (AvgIpc) is 2.63. The van der Waals surface area contributed by atoms with E-state index in [1.54, 1.807) is 12.1 Å². The Labute approximate surface area is 114 Å². The monoisotopic (exact) mass is 283 g/mol. The van der Waals surface area contributed by atoms with E-state index in [-0.39, 0.29) is 5.56 Å². The van der Waals surface area contributed by atoms with Gasteiger partial charge in [-0.3, -0.25) is 9.89 Å². The Morgan fingerprint density at radius 1 is 1.28 bits per heavy atom. The minimum absolute atomic E-state index is 0.161. The minimum atomic E-state index is -0.161. The van der Waals surface area contributed by atoms with Crippen molar-refractivity contribution >= 4 is 35.1 Å². The number of anilines is 1. The number of aromatic amines is 1. The van der Waals surface area contributed by atoms with Gasteiger partial charge >= 0.3 is 0 Å². The topological polar surface area (TPSA) is 63.8 Å². The molecule has 1 aromatic carbocycles. The fourth-order valence-electron chi connectivity index (χ4n) is 1.50. The van der Waals surface area contributed by atoms with Crippen molar-refractivity contribution in [3.8, 4) is 0 Å². The number of nitrogens with one attached hydrogen (secondary N) is 1. The van der Waals surface area contributed by atoms with E-state index in [1.165, 1.54) is 10.7 Å². The van der Waals surface area contributed by atoms with Crippen LogP contribution in [-0.2, 0) is 6.54 Å². The molecular weight excluding hydrogens is 273 g/mol. The lowest BCUT2D eigenvalue weighted by Crippen LogP contribution is -2.14. The Hall–Kier alpha value is -1.65. The predicted molar refractivity (Wildman–Crippen MR) is 75.0 cm³/mol. The first-order valence-corrected chi connectivity index (χ1v) is 5.99. The summed E-state index contributed by atoms with van der Waals surface area (Å²) in [5, 5.41) is 3.75. The molecule has 18 heavy (non-hydrogen) atoms. The van der Waals surface area contributed by atoms with E-state index in [0.29, 0.717) is 22.4 Å². The van der Waals surface area contributed by atoms with Crippen molar-refractivity contribution in [1.82, 2.24) is 9.78 Å². The Morgan fingerprint density at radius 2 is 2.06 bits per heavy atom. The summed E-state index contributed by atoms with van der Waals surface area (Å²) in [5.74, 6) is 0.350. The molecule has 0 bridgehead atoms. The van der Waals surface area contributed by atoms with Crippen molar-refractivity contribution in [2.24, 2.45) is 0 Å². The van der Waals surface area contributed by atoms with E-state index < -0.39 is 0 Å². The molecule has 2 rings (SSSR count). The first kappa shape index (κ1) is 12.8. The highest BCUT2D eigenvalue weighted by atomic mass is 35.5. The highest BCUT2D eigenvalue weighted by molar-refractivity contribution is 6.42. The van der Waals surface area contributed by atoms with Gasteiger partial charge in [-0.2, -0.15) is 0 Å². The molecule has 1 heterocycles. The van der Waals surface area contributed by atoms with Gasteiger partial charge in [0.2, 0.25) is 0 Å². The van der Waals surface area contributed by atoms with Crippen LogP contribution in [0.1, 0.15) is 5.56 Å². The zero-order chi connectivity index (χ0) is 13.1. The van der Waals surface area contributed by atoms with Gasteiger partial charge in [-0.05, 0) is 17.7 Å². The molecule has 3 N–H and O–H groups in total. The van der Waals surface area contributed by atoms with Gasteiger partial charge in [0.05, 0.1) is 16.6 Å². The smallest absolute Gasteiger partial charge is 0.268 e. The second kappa shape index (κ2) is 5.33. The van der Waals surface area contributed by atoms with E-state index in [0.717, 1.165) is 5.56 Å². The van der Waals surface area contributed by atoms with Crippen LogP contribution in [0.2, 0.25) is 10.0 Å². The Kier molecular flexibility index (Phi) is 3.79. The van der Waals surface area contributed by atoms with Crippen molar-refractivity contribution in [3.63, 3.8) is 0 Å². The number of benzene rings is 1. The molecule has 0 aliphatic rings. The summed E-state index contributed by atoms with van der Waals surface area (Å²) in [6.45, 7) is 0.413. The van der Waals surface area contributed by atoms with Crippen LogP contribution in [0.4, 0.5) is 5.82 Å². The zero-order valence-corrected chi connectivity index (χ0v) is 10.9. The largest absolute Gasteiger partial charge is 0.384 e. The average molecular weight is 284 g/mol. The molecule has 0 saturated heterocycles. The van der Waals surface area contributed by atoms with E-state index in [1.807, 2.05) is 18.2 Å². The molecule has 0 radical (unpaired) electrons. The van der Waals surface area contributed by atoms with Crippen molar-refractivity contribution in [2.45, 2.75) is 6.54 Å². The maximum absolute atomic E-state index is 11.4. The Morgan fingerprint density at radius 3 is 2.67 bits per heavy atom. The van der Waals surface area contributed by atoms with Crippen LogP contribution in [0, 0.1) is 0 Å². The molecular formula is C12H11Cl2N3O. The highest BCUT2D eigenvalue weighted by Gasteiger charge is 1.98. The highest BCUT2D eigenvalue weighted by Crippen LogP contribution is 2.23. The number of allylic oxidation sites excluding steroid dienone is 1. The van der Waals surface area contributed by atoms with Crippen molar-refractivity contribution in [1.29, 1.82) is 0 Å². The van der Waals surface area contributed by atoms with Gasteiger partial charge in [0.15, 0.2) is 0 Å². The first-order valence-electron chi connectivity index (χ1n) is 5.23. The number of H-pyrrole nitrogens is 1. The fraction of sp³-hybridized carbons (Fsp3) is 0.0833.